The molecule has 1 spiro atoms. The van der Waals surface area contributed by atoms with Crippen molar-refractivity contribution in [3.8, 4) is 5.75 Å². The summed E-state index contributed by atoms with van der Waals surface area (Å²) < 4.78 is 6.70. The second-order valence-corrected chi connectivity index (χ2v) is 6.64. The third kappa shape index (κ3) is 1.95. The molecule has 108 valence electrons. The average molecular weight is 361 g/mol. The third-order valence-electron chi connectivity index (χ3n) is 4.38. The summed E-state index contributed by atoms with van der Waals surface area (Å²) >= 11 is 9.06. The zero-order chi connectivity index (χ0) is 14.4. The third-order valence-corrected chi connectivity index (χ3v) is 5.11. The van der Waals surface area contributed by atoms with Crippen LogP contribution in [0.15, 0.2) is 22.7 Å². The number of aliphatic hydroxyl groups is 1. The molecular weight excluding hydrogens is 346 g/mol. The number of alkyl halides is 1. The maximum Gasteiger partial charge on any atom is 0.235 e. The predicted molar refractivity (Wildman–Crippen MR) is 78.9 cm³/mol. The lowest BCUT2D eigenvalue weighted by atomic mass is 9.74. The summed E-state index contributed by atoms with van der Waals surface area (Å²) in [6, 6.07) is 5.64. The van der Waals surface area contributed by atoms with Crippen LogP contribution in [0.1, 0.15) is 18.4 Å². The lowest BCUT2D eigenvalue weighted by Crippen LogP contribution is -2.59. The molecule has 2 N–H and O–H groups in total. The molecule has 0 radical (unpaired) electrons. The fourth-order valence-electron chi connectivity index (χ4n) is 3.07. The summed E-state index contributed by atoms with van der Waals surface area (Å²) in [5.74, 6) is 0.302. The second kappa shape index (κ2) is 4.90. The van der Waals surface area contributed by atoms with Crippen LogP contribution in [0.3, 0.4) is 0 Å². The van der Waals surface area contributed by atoms with Gasteiger partial charge in [-0.15, -0.1) is 11.6 Å². The smallest absolute Gasteiger partial charge is 0.235 e. The van der Waals surface area contributed by atoms with Crippen LogP contribution in [-0.2, 0) is 10.3 Å². The molecule has 2 aliphatic rings. The van der Waals surface area contributed by atoms with Crippen LogP contribution in [0.25, 0.3) is 0 Å². The summed E-state index contributed by atoms with van der Waals surface area (Å²) in [7, 11) is 0. The van der Waals surface area contributed by atoms with E-state index >= 15 is 0 Å². The molecule has 1 unspecified atom stereocenters. The van der Waals surface area contributed by atoms with E-state index in [1.807, 2.05) is 18.2 Å². The lowest BCUT2D eigenvalue weighted by molar-refractivity contribution is -0.123. The normalized spacial score (nSPS) is 25.8. The Morgan fingerprint density at radius 2 is 2.25 bits per heavy atom. The number of benzene rings is 1. The van der Waals surface area contributed by atoms with Gasteiger partial charge < -0.3 is 15.2 Å². The molecule has 1 amide bonds. The first kappa shape index (κ1) is 14.2. The molecule has 3 rings (SSSR count). The Bertz CT molecular complexity index is 561. The standard InChI is InChI=1S/C14H15BrClNO3/c15-9-1-2-11-10(5-9)14(7-18,17-12(19)6-16)13(3-4-13)8-20-11/h1-2,5,18H,3-4,6-8H2,(H,17,19). The molecule has 1 aromatic carbocycles. The van der Waals surface area contributed by atoms with Crippen molar-refractivity contribution in [2.24, 2.45) is 5.41 Å². The van der Waals surface area contributed by atoms with E-state index in [-0.39, 0.29) is 23.8 Å². The van der Waals surface area contributed by atoms with E-state index in [1.165, 1.54) is 0 Å². The molecule has 4 nitrogen and oxygen atoms in total. The van der Waals surface area contributed by atoms with Gasteiger partial charge in [0.15, 0.2) is 0 Å². The van der Waals surface area contributed by atoms with Gasteiger partial charge in [-0.05, 0) is 31.0 Å². The minimum Gasteiger partial charge on any atom is -0.493 e. The largest absolute Gasteiger partial charge is 0.493 e. The summed E-state index contributed by atoms with van der Waals surface area (Å²) in [6.45, 7) is 0.340. The second-order valence-electron chi connectivity index (χ2n) is 5.45. The Hall–Kier alpha value is -0.780. The quantitative estimate of drug-likeness (QED) is 0.812. The molecule has 0 bridgehead atoms. The highest BCUT2D eigenvalue weighted by Crippen LogP contribution is 2.62. The number of aliphatic hydroxyl groups excluding tert-OH is 1. The maximum absolute atomic E-state index is 11.8. The van der Waals surface area contributed by atoms with Crippen molar-refractivity contribution in [1.29, 1.82) is 0 Å². The Kier molecular flexibility index (Phi) is 3.47. The zero-order valence-electron chi connectivity index (χ0n) is 10.8. The van der Waals surface area contributed by atoms with Gasteiger partial charge in [0.05, 0.1) is 13.2 Å². The number of hydrogen-bond donors (Lipinski definition) is 2. The van der Waals surface area contributed by atoms with Crippen molar-refractivity contribution in [3.05, 3.63) is 28.2 Å². The summed E-state index contributed by atoms with van der Waals surface area (Å²) in [6.07, 6.45) is 1.84. The van der Waals surface area contributed by atoms with Crippen LogP contribution in [0.2, 0.25) is 0 Å². The Morgan fingerprint density at radius 3 is 2.85 bits per heavy atom. The SMILES string of the molecule is O=C(CCl)NC1(CO)c2cc(Br)ccc2OCC12CC2. The molecule has 1 atom stereocenters. The number of fused-ring (bicyclic) bond motifs is 1. The Morgan fingerprint density at radius 1 is 1.50 bits per heavy atom. The molecule has 1 aliphatic heterocycles. The van der Waals surface area contributed by atoms with Crippen LogP contribution in [0, 0.1) is 5.41 Å². The minimum absolute atomic E-state index is 0.123. The average Bonchev–Trinajstić information content (AvgIpc) is 3.23. The van der Waals surface area contributed by atoms with Crippen LogP contribution >= 0.6 is 27.5 Å². The lowest BCUT2D eigenvalue weighted by Gasteiger charge is -2.45. The van der Waals surface area contributed by atoms with Crippen molar-refractivity contribution in [2.45, 2.75) is 18.4 Å². The molecular formula is C14H15BrClNO3. The van der Waals surface area contributed by atoms with E-state index in [2.05, 4.69) is 21.2 Å². The van der Waals surface area contributed by atoms with Crippen molar-refractivity contribution in [2.75, 3.05) is 19.1 Å². The van der Waals surface area contributed by atoms with Crippen molar-refractivity contribution in [1.82, 2.24) is 5.32 Å². The first-order valence-electron chi connectivity index (χ1n) is 6.48. The fraction of sp³-hybridized carbons (Fsp3) is 0.500. The maximum atomic E-state index is 11.8. The van der Waals surface area contributed by atoms with Gasteiger partial charge in [0, 0.05) is 15.5 Å². The molecule has 20 heavy (non-hydrogen) atoms. The molecule has 1 aromatic rings. The minimum atomic E-state index is -0.809. The summed E-state index contributed by atoms with van der Waals surface area (Å²) in [4.78, 5) is 11.8. The number of nitrogens with one attached hydrogen (secondary N) is 1. The van der Waals surface area contributed by atoms with Crippen molar-refractivity contribution in [3.63, 3.8) is 0 Å². The number of amides is 1. The number of carbonyl (C=O) groups excluding carboxylic acids is 1. The van der Waals surface area contributed by atoms with Crippen LogP contribution < -0.4 is 10.1 Å². The highest BCUT2D eigenvalue weighted by molar-refractivity contribution is 9.10. The van der Waals surface area contributed by atoms with Gasteiger partial charge in [-0.2, -0.15) is 0 Å². The van der Waals surface area contributed by atoms with Gasteiger partial charge in [0.1, 0.15) is 17.2 Å². The van der Waals surface area contributed by atoms with Gasteiger partial charge in [-0.3, -0.25) is 4.79 Å². The van der Waals surface area contributed by atoms with Gasteiger partial charge in [-0.1, -0.05) is 15.9 Å². The van der Waals surface area contributed by atoms with E-state index in [1.54, 1.807) is 0 Å². The number of hydrogen-bond acceptors (Lipinski definition) is 3. The zero-order valence-corrected chi connectivity index (χ0v) is 13.1. The number of rotatable bonds is 3. The van der Waals surface area contributed by atoms with Gasteiger partial charge in [0.25, 0.3) is 0 Å². The Labute approximate surface area is 130 Å². The van der Waals surface area contributed by atoms with E-state index in [9.17, 15) is 9.90 Å². The molecule has 1 heterocycles. The van der Waals surface area contributed by atoms with E-state index in [0.29, 0.717) is 12.4 Å². The molecule has 1 fully saturated rings. The Balaban J connectivity index is 2.13. The highest BCUT2D eigenvalue weighted by Gasteiger charge is 2.64. The summed E-state index contributed by atoms with van der Waals surface area (Å²) in [5, 5.41) is 13.0. The van der Waals surface area contributed by atoms with Crippen molar-refractivity contribution >= 4 is 33.4 Å². The fourth-order valence-corrected chi connectivity index (χ4v) is 3.50. The predicted octanol–water partition coefficient (Wildman–Crippen LogP) is 2.16. The topological polar surface area (TPSA) is 58.6 Å². The first-order chi connectivity index (χ1) is 9.57. The van der Waals surface area contributed by atoms with Gasteiger partial charge in [-0.25, -0.2) is 0 Å². The van der Waals surface area contributed by atoms with Crippen LogP contribution in [0.5, 0.6) is 5.75 Å². The number of carbonyl (C=O) groups is 1. The van der Waals surface area contributed by atoms with Crippen molar-refractivity contribution < 1.29 is 14.6 Å². The monoisotopic (exact) mass is 359 g/mol. The van der Waals surface area contributed by atoms with Crippen LogP contribution in [-0.4, -0.2) is 30.1 Å². The molecule has 6 heteroatoms. The van der Waals surface area contributed by atoms with E-state index < -0.39 is 5.54 Å². The molecule has 1 aliphatic carbocycles. The van der Waals surface area contributed by atoms with Crippen LogP contribution in [0.4, 0.5) is 0 Å². The van der Waals surface area contributed by atoms with E-state index in [0.717, 1.165) is 22.9 Å². The molecule has 1 saturated carbocycles. The highest BCUT2D eigenvalue weighted by atomic mass is 79.9. The summed E-state index contributed by atoms with van der Waals surface area (Å²) in [5.41, 5.74) is -0.218. The number of halogens is 2. The van der Waals surface area contributed by atoms with E-state index in [4.69, 9.17) is 16.3 Å². The molecule has 0 aromatic heterocycles. The molecule has 0 saturated heterocycles. The first-order valence-corrected chi connectivity index (χ1v) is 7.80. The number of ether oxygens (including phenoxy) is 1. The van der Waals surface area contributed by atoms with Gasteiger partial charge in [0.2, 0.25) is 5.91 Å². The van der Waals surface area contributed by atoms with Gasteiger partial charge >= 0.3 is 0 Å².